The molecule has 138 valence electrons. The molecule has 0 atom stereocenters. The Bertz CT molecular complexity index is 709. The van der Waals surface area contributed by atoms with Crippen molar-refractivity contribution in [3.8, 4) is 0 Å². The lowest BCUT2D eigenvalue weighted by Crippen LogP contribution is -2.38. The van der Waals surface area contributed by atoms with E-state index in [1.54, 1.807) is 11.3 Å². The van der Waals surface area contributed by atoms with Crippen LogP contribution < -0.4 is 10.6 Å². The topological polar surface area (TPSA) is 49.3 Å². The van der Waals surface area contributed by atoms with E-state index in [1.165, 1.54) is 21.6 Å². The number of aryl methyl sites for hydroxylation is 4. The highest BCUT2D eigenvalue weighted by atomic mass is 127. The molecule has 0 aliphatic rings. The largest absolute Gasteiger partial charge is 0.357 e. The maximum absolute atomic E-state index is 4.69. The van der Waals surface area contributed by atoms with E-state index < -0.39 is 0 Å². The first-order chi connectivity index (χ1) is 11.5. The number of guanidine groups is 1. The minimum atomic E-state index is 0. The van der Waals surface area contributed by atoms with Gasteiger partial charge in [0.15, 0.2) is 5.96 Å². The van der Waals surface area contributed by atoms with Gasteiger partial charge >= 0.3 is 0 Å². The van der Waals surface area contributed by atoms with Crippen molar-refractivity contribution in [2.45, 2.75) is 47.6 Å². The molecular weight excluding hydrogens is 443 g/mol. The lowest BCUT2D eigenvalue weighted by Gasteiger charge is -2.12. The van der Waals surface area contributed by atoms with Gasteiger partial charge in [0.25, 0.3) is 0 Å². The van der Waals surface area contributed by atoms with E-state index in [1.807, 2.05) is 6.92 Å². The minimum Gasteiger partial charge on any atom is -0.357 e. The molecule has 2 aromatic rings. The third-order valence-corrected chi connectivity index (χ3v) is 4.97. The van der Waals surface area contributed by atoms with Crippen LogP contribution in [0.25, 0.3) is 0 Å². The standard InChI is InChI=1S/C19H28N4S.HI/c1-6-20-19(22-12-18-15(4)23-16(5)24-18)21-10-9-17-8-7-13(2)11-14(17)3;/h7-8,11H,6,9-10,12H2,1-5H3,(H2,20,21,22);1H. The second-order valence-corrected chi connectivity index (χ2v) is 7.33. The van der Waals surface area contributed by atoms with Crippen LogP contribution in [0.5, 0.6) is 0 Å². The number of hydrogen-bond donors (Lipinski definition) is 2. The highest BCUT2D eigenvalue weighted by Crippen LogP contribution is 2.17. The summed E-state index contributed by atoms with van der Waals surface area (Å²) < 4.78 is 0. The van der Waals surface area contributed by atoms with Crippen molar-refractivity contribution in [3.63, 3.8) is 0 Å². The van der Waals surface area contributed by atoms with Gasteiger partial charge in [0.2, 0.25) is 0 Å². The zero-order valence-corrected chi connectivity index (χ0v) is 18.9. The third-order valence-electron chi connectivity index (χ3n) is 3.91. The zero-order chi connectivity index (χ0) is 17.5. The number of aliphatic imine (C=N–C) groups is 1. The van der Waals surface area contributed by atoms with Crippen molar-refractivity contribution in [1.29, 1.82) is 0 Å². The predicted octanol–water partition coefficient (Wildman–Crippen LogP) is 4.29. The van der Waals surface area contributed by atoms with Crippen LogP contribution >= 0.6 is 35.3 Å². The summed E-state index contributed by atoms with van der Waals surface area (Å²) >= 11 is 1.72. The van der Waals surface area contributed by atoms with E-state index in [0.717, 1.165) is 36.2 Å². The average molecular weight is 472 g/mol. The number of halogens is 1. The van der Waals surface area contributed by atoms with Crippen molar-refractivity contribution < 1.29 is 0 Å². The van der Waals surface area contributed by atoms with Gasteiger partial charge in [0.1, 0.15) is 0 Å². The monoisotopic (exact) mass is 472 g/mol. The van der Waals surface area contributed by atoms with E-state index in [9.17, 15) is 0 Å². The number of rotatable bonds is 6. The normalized spacial score (nSPS) is 11.2. The van der Waals surface area contributed by atoms with Gasteiger partial charge in [0, 0.05) is 18.0 Å². The minimum absolute atomic E-state index is 0. The van der Waals surface area contributed by atoms with E-state index in [0.29, 0.717) is 6.54 Å². The molecule has 1 aromatic heterocycles. The van der Waals surface area contributed by atoms with E-state index in [4.69, 9.17) is 4.99 Å². The van der Waals surface area contributed by atoms with Gasteiger partial charge in [-0.2, -0.15) is 0 Å². The summed E-state index contributed by atoms with van der Waals surface area (Å²) in [5, 5.41) is 7.85. The Hall–Kier alpha value is -1.15. The molecule has 0 bridgehead atoms. The highest BCUT2D eigenvalue weighted by molar-refractivity contribution is 14.0. The van der Waals surface area contributed by atoms with Crippen LogP contribution in [0.1, 0.15) is 39.2 Å². The Balaban J connectivity index is 0.00000312. The molecule has 0 aliphatic heterocycles. The molecule has 2 rings (SSSR count). The first kappa shape index (κ1) is 21.9. The fourth-order valence-electron chi connectivity index (χ4n) is 2.65. The van der Waals surface area contributed by atoms with Crippen molar-refractivity contribution in [2.24, 2.45) is 4.99 Å². The first-order valence-electron chi connectivity index (χ1n) is 8.50. The molecule has 0 amide bonds. The molecule has 2 N–H and O–H groups in total. The molecule has 4 nitrogen and oxygen atoms in total. The number of nitrogens with one attached hydrogen (secondary N) is 2. The summed E-state index contributed by atoms with van der Waals surface area (Å²) in [7, 11) is 0. The van der Waals surface area contributed by atoms with Crippen LogP contribution in [0.15, 0.2) is 23.2 Å². The predicted molar refractivity (Wildman–Crippen MR) is 119 cm³/mol. The third kappa shape index (κ3) is 6.93. The van der Waals surface area contributed by atoms with Crippen LogP contribution in [-0.4, -0.2) is 24.0 Å². The van der Waals surface area contributed by atoms with Crippen LogP contribution in [0.4, 0.5) is 0 Å². The molecule has 0 fully saturated rings. The lowest BCUT2D eigenvalue weighted by molar-refractivity contribution is 0.797. The number of hydrogen-bond acceptors (Lipinski definition) is 3. The Labute approximate surface area is 172 Å². The molecular formula is C19H29IN4S. The molecule has 1 aromatic carbocycles. The highest BCUT2D eigenvalue weighted by Gasteiger charge is 2.05. The van der Waals surface area contributed by atoms with Crippen LogP contribution in [0.2, 0.25) is 0 Å². The SMILES string of the molecule is CCNC(=NCc1sc(C)nc1C)NCCc1ccc(C)cc1C.I. The molecule has 25 heavy (non-hydrogen) atoms. The summed E-state index contributed by atoms with van der Waals surface area (Å²) in [5.41, 5.74) is 5.15. The van der Waals surface area contributed by atoms with Crippen LogP contribution in [0, 0.1) is 27.7 Å². The Morgan fingerprint density at radius 1 is 1.16 bits per heavy atom. The Kier molecular flexibility index (Phi) is 9.42. The summed E-state index contributed by atoms with van der Waals surface area (Å²) in [6.07, 6.45) is 0.995. The number of aromatic nitrogens is 1. The van der Waals surface area contributed by atoms with Crippen molar-refractivity contribution in [2.75, 3.05) is 13.1 Å². The second kappa shape index (κ2) is 10.8. The summed E-state index contributed by atoms with van der Waals surface area (Å²) in [6.45, 7) is 12.9. The second-order valence-electron chi connectivity index (χ2n) is 6.04. The van der Waals surface area contributed by atoms with Gasteiger partial charge in [-0.1, -0.05) is 23.8 Å². The fraction of sp³-hybridized carbons (Fsp3) is 0.474. The quantitative estimate of drug-likeness (QED) is 0.375. The van der Waals surface area contributed by atoms with Gasteiger partial charge in [0.05, 0.1) is 17.2 Å². The summed E-state index contributed by atoms with van der Waals surface area (Å²) in [6, 6.07) is 6.64. The molecule has 0 aliphatic carbocycles. The molecule has 6 heteroatoms. The molecule has 0 radical (unpaired) electrons. The Morgan fingerprint density at radius 3 is 2.52 bits per heavy atom. The average Bonchev–Trinajstić information content (AvgIpc) is 2.84. The molecule has 0 spiro atoms. The van der Waals surface area contributed by atoms with E-state index >= 15 is 0 Å². The van der Waals surface area contributed by atoms with Crippen LogP contribution in [-0.2, 0) is 13.0 Å². The lowest BCUT2D eigenvalue weighted by atomic mass is 10.0. The smallest absolute Gasteiger partial charge is 0.191 e. The maximum atomic E-state index is 4.69. The van der Waals surface area contributed by atoms with Gasteiger partial charge in [-0.3, -0.25) is 0 Å². The Morgan fingerprint density at radius 2 is 1.92 bits per heavy atom. The van der Waals surface area contributed by atoms with Gasteiger partial charge < -0.3 is 10.6 Å². The summed E-state index contributed by atoms with van der Waals surface area (Å²) in [5.74, 6) is 0.868. The van der Waals surface area contributed by atoms with E-state index in [2.05, 4.69) is 61.5 Å². The zero-order valence-electron chi connectivity index (χ0n) is 15.8. The number of thiazole rings is 1. The molecule has 1 heterocycles. The van der Waals surface area contributed by atoms with Gasteiger partial charge in [-0.05, 0) is 52.2 Å². The maximum Gasteiger partial charge on any atom is 0.191 e. The van der Waals surface area contributed by atoms with E-state index in [-0.39, 0.29) is 24.0 Å². The van der Waals surface area contributed by atoms with Crippen molar-refractivity contribution in [3.05, 3.63) is 50.5 Å². The molecule has 0 saturated heterocycles. The number of nitrogens with zero attached hydrogens (tertiary/aromatic N) is 2. The van der Waals surface area contributed by atoms with Crippen LogP contribution in [0.3, 0.4) is 0 Å². The molecule has 0 unspecified atom stereocenters. The fourth-order valence-corrected chi connectivity index (χ4v) is 3.52. The van der Waals surface area contributed by atoms with Crippen molar-refractivity contribution >= 4 is 41.3 Å². The number of benzene rings is 1. The van der Waals surface area contributed by atoms with Gasteiger partial charge in [-0.15, -0.1) is 35.3 Å². The van der Waals surface area contributed by atoms with Gasteiger partial charge in [-0.25, -0.2) is 9.98 Å². The van der Waals surface area contributed by atoms with Crippen molar-refractivity contribution in [1.82, 2.24) is 15.6 Å². The molecule has 0 saturated carbocycles. The summed E-state index contributed by atoms with van der Waals surface area (Å²) in [4.78, 5) is 10.4. The first-order valence-corrected chi connectivity index (χ1v) is 9.32.